The third-order valence-corrected chi connectivity index (χ3v) is 4.34. The van der Waals surface area contributed by atoms with Crippen molar-refractivity contribution in [2.45, 2.75) is 44.8 Å². The Morgan fingerprint density at radius 3 is 2.89 bits per heavy atom. The summed E-state index contributed by atoms with van der Waals surface area (Å²) in [6.07, 6.45) is 4.36. The Kier molecular flexibility index (Phi) is 10.9. The Labute approximate surface area is 121 Å². The molecular formula is C14H29NO3S. The molecule has 1 fully saturated rings. The van der Waals surface area contributed by atoms with Crippen LogP contribution in [0.4, 0.5) is 0 Å². The van der Waals surface area contributed by atoms with Gasteiger partial charge in [-0.3, -0.25) is 0 Å². The Hall–Kier alpha value is 0.190. The molecule has 114 valence electrons. The Balaban J connectivity index is 1.85. The van der Waals surface area contributed by atoms with Crippen LogP contribution in [-0.4, -0.2) is 61.7 Å². The van der Waals surface area contributed by atoms with Crippen LogP contribution in [0.25, 0.3) is 0 Å². The molecule has 19 heavy (non-hydrogen) atoms. The monoisotopic (exact) mass is 291 g/mol. The molecule has 0 spiro atoms. The maximum absolute atomic E-state index is 9.79. The Morgan fingerprint density at radius 2 is 2.16 bits per heavy atom. The van der Waals surface area contributed by atoms with Crippen molar-refractivity contribution in [1.29, 1.82) is 0 Å². The predicted octanol–water partition coefficient (Wildman–Crippen LogP) is 1.67. The van der Waals surface area contributed by atoms with E-state index in [0.717, 1.165) is 19.4 Å². The van der Waals surface area contributed by atoms with E-state index in [0.29, 0.717) is 32.4 Å². The lowest BCUT2D eigenvalue weighted by Crippen LogP contribution is -2.40. The molecule has 0 aromatic rings. The summed E-state index contributed by atoms with van der Waals surface area (Å²) in [5.41, 5.74) is 0. The van der Waals surface area contributed by atoms with Crippen LogP contribution in [0.5, 0.6) is 0 Å². The van der Waals surface area contributed by atoms with Gasteiger partial charge in [0.2, 0.25) is 0 Å². The van der Waals surface area contributed by atoms with Crippen LogP contribution in [0.15, 0.2) is 0 Å². The molecule has 0 bridgehead atoms. The van der Waals surface area contributed by atoms with Crippen LogP contribution in [-0.2, 0) is 9.47 Å². The first-order chi connectivity index (χ1) is 9.33. The fourth-order valence-corrected chi connectivity index (χ4v) is 3.06. The fourth-order valence-electron chi connectivity index (χ4n) is 1.95. The Bertz CT molecular complexity index is 201. The molecule has 1 aliphatic heterocycles. The molecule has 2 N–H and O–H groups in total. The van der Waals surface area contributed by atoms with E-state index >= 15 is 0 Å². The van der Waals surface area contributed by atoms with Gasteiger partial charge in [-0.2, -0.15) is 11.8 Å². The molecule has 2 unspecified atom stereocenters. The van der Waals surface area contributed by atoms with Crippen molar-refractivity contribution >= 4 is 11.8 Å². The molecule has 5 heteroatoms. The zero-order valence-electron chi connectivity index (χ0n) is 12.1. The molecule has 0 aromatic carbocycles. The first kappa shape index (κ1) is 17.2. The summed E-state index contributed by atoms with van der Waals surface area (Å²) in [6, 6.07) is 0.561. The molecule has 2 atom stereocenters. The van der Waals surface area contributed by atoms with Gasteiger partial charge in [0.1, 0.15) is 0 Å². The van der Waals surface area contributed by atoms with Crippen molar-refractivity contribution < 1.29 is 14.6 Å². The second-order valence-corrected chi connectivity index (χ2v) is 6.17. The average molecular weight is 291 g/mol. The predicted molar refractivity (Wildman–Crippen MR) is 80.9 cm³/mol. The highest BCUT2D eigenvalue weighted by atomic mass is 32.2. The SMILES string of the molecule is CCCCOCCOCC(O)CNC1CCCSC1. The van der Waals surface area contributed by atoms with Crippen molar-refractivity contribution in [1.82, 2.24) is 5.32 Å². The minimum absolute atomic E-state index is 0.393. The van der Waals surface area contributed by atoms with Crippen molar-refractivity contribution in [3.05, 3.63) is 0 Å². The Morgan fingerprint density at radius 1 is 1.32 bits per heavy atom. The van der Waals surface area contributed by atoms with Gasteiger partial charge in [0, 0.05) is 24.9 Å². The number of unbranched alkanes of at least 4 members (excludes halogenated alkanes) is 1. The number of aliphatic hydroxyl groups excluding tert-OH is 1. The maximum atomic E-state index is 9.79. The third kappa shape index (κ3) is 9.68. The van der Waals surface area contributed by atoms with Gasteiger partial charge in [0.25, 0.3) is 0 Å². The lowest BCUT2D eigenvalue weighted by atomic mass is 10.2. The first-order valence-corrected chi connectivity index (χ1v) is 8.63. The normalized spacial score (nSPS) is 21.5. The molecule has 1 heterocycles. The largest absolute Gasteiger partial charge is 0.389 e. The number of thioether (sulfide) groups is 1. The van der Waals surface area contributed by atoms with Crippen LogP contribution >= 0.6 is 11.8 Å². The number of ether oxygens (including phenoxy) is 2. The van der Waals surface area contributed by atoms with Crippen LogP contribution < -0.4 is 5.32 Å². The van der Waals surface area contributed by atoms with E-state index in [1.54, 1.807) is 0 Å². The molecule has 1 saturated heterocycles. The van der Waals surface area contributed by atoms with Gasteiger partial charge in [-0.15, -0.1) is 0 Å². The van der Waals surface area contributed by atoms with Gasteiger partial charge in [-0.05, 0) is 25.0 Å². The second kappa shape index (κ2) is 12.0. The molecule has 0 saturated carbocycles. The maximum Gasteiger partial charge on any atom is 0.0897 e. The van der Waals surface area contributed by atoms with E-state index < -0.39 is 6.10 Å². The van der Waals surface area contributed by atoms with Gasteiger partial charge in [-0.25, -0.2) is 0 Å². The summed E-state index contributed by atoms with van der Waals surface area (Å²) < 4.78 is 10.8. The van der Waals surface area contributed by atoms with Gasteiger partial charge >= 0.3 is 0 Å². The highest BCUT2D eigenvalue weighted by Gasteiger charge is 2.14. The molecule has 0 aromatic heterocycles. The number of hydrogen-bond donors (Lipinski definition) is 2. The molecule has 0 amide bonds. The molecule has 1 rings (SSSR count). The van der Waals surface area contributed by atoms with Crippen molar-refractivity contribution in [3.63, 3.8) is 0 Å². The van der Waals surface area contributed by atoms with E-state index in [2.05, 4.69) is 12.2 Å². The van der Waals surface area contributed by atoms with Crippen LogP contribution in [0.1, 0.15) is 32.6 Å². The lowest BCUT2D eigenvalue weighted by molar-refractivity contribution is 0.00329. The van der Waals surface area contributed by atoms with Gasteiger partial charge < -0.3 is 19.9 Å². The lowest BCUT2D eigenvalue weighted by Gasteiger charge is -2.23. The minimum atomic E-state index is -0.414. The zero-order chi connectivity index (χ0) is 13.8. The summed E-state index contributed by atoms with van der Waals surface area (Å²) in [5, 5.41) is 13.2. The van der Waals surface area contributed by atoms with Crippen LogP contribution in [0, 0.1) is 0 Å². The van der Waals surface area contributed by atoms with E-state index in [9.17, 15) is 5.11 Å². The second-order valence-electron chi connectivity index (χ2n) is 5.02. The first-order valence-electron chi connectivity index (χ1n) is 7.47. The summed E-state index contributed by atoms with van der Waals surface area (Å²) in [4.78, 5) is 0. The van der Waals surface area contributed by atoms with E-state index in [1.807, 2.05) is 11.8 Å². The fraction of sp³-hybridized carbons (Fsp3) is 1.00. The van der Waals surface area contributed by atoms with Crippen molar-refractivity contribution in [3.8, 4) is 0 Å². The highest BCUT2D eigenvalue weighted by molar-refractivity contribution is 7.99. The van der Waals surface area contributed by atoms with E-state index in [1.165, 1.54) is 24.3 Å². The zero-order valence-corrected chi connectivity index (χ0v) is 12.9. The highest BCUT2D eigenvalue weighted by Crippen LogP contribution is 2.16. The van der Waals surface area contributed by atoms with E-state index in [-0.39, 0.29) is 0 Å². The molecule has 4 nitrogen and oxygen atoms in total. The van der Waals surface area contributed by atoms with Gasteiger partial charge in [0.15, 0.2) is 0 Å². The number of nitrogens with one attached hydrogen (secondary N) is 1. The number of aliphatic hydroxyl groups is 1. The number of hydrogen-bond acceptors (Lipinski definition) is 5. The van der Waals surface area contributed by atoms with Gasteiger partial charge in [0.05, 0.1) is 25.9 Å². The summed E-state index contributed by atoms with van der Waals surface area (Å²) >= 11 is 1.99. The topological polar surface area (TPSA) is 50.7 Å². The van der Waals surface area contributed by atoms with Crippen molar-refractivity contribution in [2.24, 2.45) is 0 Å². The molecular weight excluding hydrogens is 262 g/mol. The van der Waals surface area contributed by atoms with Gasteiger partial charge in [-0.1, -0.05) is 13.3 Å². The quantitative estimate of drug-likeness (QED) is 0.567. The standard InChI is InChI=1S/C14H29NO3S/c1-2-3-6-17-7-8-18-11-14(16)10-15-13-5-4-9-19-12-13/h13-16H,2-12H2,1H3. The summed E-state index contributed by atoms with van der Waals surface area (Å²) in [7, 11) is 0. The van der Waals surface area contributed by atoms with Crippen molar-refractivity contribution in [2.75, 3.05) is 44.5 Å². The van der Waals surface area contributed by atoms with E-state index in [4.69, 9.17) is 9.47 Å². The molecule has 1 aliphatic rings. The summed E-state index contributed by atoms with van der Waals surface area (Å²) in [6.45, 7) is 5.17. The average Bonchev–Trinajstić information content (AvgIpc) is 2.45. The molecule has 0 aliphatic carbocycles. The summed E-state index contributed by atoms with van der Waals surface area (Å²) in [5.74, 6) is 2.45. The third-order valence-electron chi connectivity index (χ3n) is 3.13. The van der Waals surface area contributed by atoms with Crippen LogP contribution in [0.2, 0.25) is 0 Å². The number of rotatable bonds is 11. The van der Waals surface area contributed by atoms with Crippen LogP contribution in [0.3, 0.4) is 0 Å². The smallest absolute Gasteiger partial charge is 0.0897 e. The minimum Gasteiger partial charge on any atom is -0.389 e. The molecule has 0 radical (unpaired) electrons.